The summed E-state index contributed by atoms with van der Waals surface area (Å²) in [6, 6.07) is 7.35. The summed E-state index contributed by atoms with van der Waals surface area (Å²) in [5.41, 5.74) is 2.12. The Hall–Kier alpha value is -3.75. The van der Waals surface area contributed by atoms with Gasteiger partial charge in [0.25, 0.3) is 5.91 Å². The minimum atomic E-state index is -1.01. The lowest BCUT2D eigenvalue weighted by Gasteiger charge is -2.13. The number of nitrogens with zero attached hydrogens (tertiary/aromatic N) is 3. The van der Waals surface area contributed by atoms with Crippen molar-refractivity contribution in [2.75, 3.05) is 5.32 Å². The summed E-state index contributed by atoms with van der Waals surface area (Å²) in [4.78, 5) is 42.6. The number of aromatic amines is 2. The van der Waals surface area contributed by atoms with Gasteiger partial charge < -0.3 is 20.0 Å². The van der Waals surface area contributed by atoms with Gasteiger partial charge in [0, 0.05) is 17.1 Å². The van der Waals surface area contributed by atoms with E-state index in [0.29, 0.717) is 16.7 Å². The minimum Gasteiger partial charge on any atom is -0.449 e. The molecule has 4 aromatic rings. The summed E-state index contributed by atoms with van der Waals surface area (Å²) in [6.45, 7) is 1.49. The van der Waals surface area contributed by atoms with E-state index in [4.69, 9.17) is 4.74 Å². The number of para-hydroxylation sites is 1. The van der Waals surface area contributed by atoms with E-state index in [9.17, 15) is 9.59 Å². The number of amides is 1. The van der Waals surface area contributed by atoms with Gasteiger partial charge in [0.1, 0.15) is 11.8 Å². The van der Waals surface area contributed by atoms with Crippen molar-refractivity contribution in [3.05, 3.63) is 48.7 Å². The molecule has 26 heavy (non-hydrogen) atoms. The molecule has 0 aliphatic rings. The number of rotatable bonds is 4. The maximum atomic E-state index is 12.4. The first-order valence-corrected chi connectivity index (χ1v) is 7.85. The van der Waals surface area contributed by atoms with Gasteiger partial charge in [-0.1, -0.05) is 18.2 Å². The predicted octanol–water partition coefficient (Wildman–Crippen LogP) is 2.02. The number of nitrogens with one attached hydrogen (secondary N) is 3. The zero-order valence-electron chi connectivity index (χ0n) is 13.7. The molecular weight excluding hydrogens is 336 g/mol. The molecule has 0 bridgehead atoms. The van der Waals surface area contributed by atoms with Crippen molar-refractivity contribution >= 4 is 39.8 Å². The molecule has 3 heterocycles. The van der Waals surface area contributed by atoms with Gasteiger partial charge in [0.2, 0.25) is 0 Å². The molecule has 1 aromatic carbocycles. The second-order valence-corrected chi connectivity index (χ2v) is 5.61. The highest BCUT2D eigenvalue weighted by molar-refractivity contribution is 6.05. The van der Waals surface area contributed by atoms with E-state index >= 15 is 0 Å². The predicted molar refractivity (Wildman–Crippen MR) is 93.5 cm³/mol. The van der Waals surface area contributed by atoms with E-state index in [2.05, 4.69) is 30.2 Å². The van der Waals surface area contributed by atoms with Crippen molar-refractivity contribution in [2.24, 2.45) is 0 Å². The van der Waals surface area contributed by atoms with Gasteiger partial charge in [-0.05, 0) is 13.0 Å². The zero-order chi connectivity index (χ0) is 18.1. The first-order chi connectivity index (χ1) is 12.6. The number of carbonyl (C=O) groups is 2. The second-order valence-electron chi connectivity index (χ2n) is 5.61. The summed E-state index contributed by atoms with van der Waals surface area (Å²) in [6.07, 6.45) is 3.30. The minimum absolute atomic E-state index is 0.271. The molecule has 0 fully saturated rings. The van der Waals surface area contributed by atoms with Crippen LogP contribution in [0.4, 0.5) is 5.82 Å². The van der Waals surface area contributed by atoms with Crippen LogP contribution in [0.5, 0.6) is 0 Å². The van der Waals surface area contributed by atoms with Gasteiger partial charge >= 0.3 is 5.97 Å². The number of esters is 1. The molecule has 0 radical (unpaired) electrons. The maximum Gasteiger partial charge on any atom is 0.341 e. The SMILES string of the molecule is CC(OC(=O)c1c[nH]c2ccccc12)C(=O)Nc1ncnc2nc[nH]c12. The Morgan fingerprint density at radius 2 is 2.00 bits per heavy atom. The van der Waals surface area contributed by atoms with Crippen molar-refractivity contribution < 1.29 is 14.3 Å². The normalized spacial score (nSPS) is 12.2. The highest BCUT2D eigenvalue weighted by Crippen LogP contribution is 2.19. The summed E-state index contributed by atoms with van der Waals surface area (Å²) in [7, 11) is 0. The van der Waals surface area contributed by atoms with Crippen LogP contribution in [0.15, 0.2) is 43.1 Å². The number of aromatic nitrogens is 5. The molecule has 0 aliphatic heterocycles. The standard InChI is InChI=1S/C17H14N6O3/c1-9(16(24)23-15-13-14(20-7-19-13)21-8-22-15)26-17(25)11-6-18-12-5-3-2-4-10(11)12/h2-9,18H,1H3,(H2,19,20,21,22,23,24). The monoisotopic (exact) mass is 350 g/mol. The lowest BCUT2D eigenvalue weighted by Crippen LogP contribution is -2.30. The lowest BCUT2D eigenvalue weighted by atomic mass is 10.2. The summed E-state index contributed by atoms with van der Waals surface area (Å²) >= 11 is 0. The van der Waals surface area contributed by atoms with E-state index < -0.39 is 18.0 Å². The van der Waals surface area contributed by atoms with Gasteiger partial charge in [0.05, 0.1) is 11.9 Å². The quantitative estimate of drug-likeness (QED) is 0.483. The highest BCUT2D eigenvalue weighted by atomic mass is 16.5. The van der Waals surface area contributed by atoms with Crippen LogP contribution in [0.25, 0.3) is 22.1 Å². The van der Waals surface area contributed by atoms with E-state index in [-0.39, 0.29) is 5.82 Å². The van der Waals surface area contributed by atoms with Crippen LogP contribution in [-0.2, 0) is 9.53 Å². The molecule has 3 N–H and O–H groups in total. The van der Waals surface area contributed by atoms with Crippen LogP contribution in [-0.4, -0.2) is 42.9 Å². The van der Waals surface area contributed by atoms with Gasteiger partial charge in [-0.25, -0.2) is 19.7 Å². The molecule has 9 nitrogen and oxygen atoms in total. The third-order valence-electron chi connectivity index (χ3n) is 3.93. The van der Waals surface area contributed by atoms with Crippen molar-refractivity contribution in [3.8, 4) is 0 Å². The van der Waals surface area contributed by atoms with E-state index in [1.807, 2.05) is 24.3 Å². The van der Waals surface area contributed by atoms with Crippen molar-refractivity contribution in [1.82, 2.24) is 24.9 Å². The van der Waals surface area contributed by atoms with Gasteiger partial charge in [-0.15, -0.1) is 0 Å². The fraction of sp³-hybridized carbons (Fsp3) is 0.118. The molecule has 3 aromatic heterocycles. The molecule has 4 rings (SSSR count). The van der Waals surface area contributed by atoms with Crippen molar-refractivity contribution in [1.29, 1.82) is 0 Å². The van der Waals surface area contributed by atoms with Crippen LogP contribution in [0.1, 0.15) is 17.3 Å². The van der Waals surface area contributed by atoms with Gasteiger partial charge in [0.15, 0.2) is 17.6 Å². The third kappa shape index (κ3) is 2.75. The Labute approximate surface area is 146 Å². The van der Waals surface area contributed by atoms with Crippen LogP contribution in [0.2, 0.25) is 0 Å². The summed E-state index contributed by atoms with van der Waals surface area (Å²) in [5, 5.41) is 3.35. The Kier molecular flexibility index (Phi) is 3.81. The molecule has 0 aliphatic carbocycles. The molecule has 9 heteroatoms. The lowest BCUT2D eigenvalue weighted by molar-refractivity contribution is -0.123. The van der Waals surface area contributed by atoms with E-state index in [1.165, 1.54) is 19.6 Å². The fourth-order valence-electron chi connectivity index (χ4n) is 2.60. The number of hydrogen-bond donors (Lipinski definition) is 3. The summed E-state index contributed by atoms with van der Waals surface area (Å²) < 4.78 is 5.29. The second kappa shape index (κ2) is 6.28. The maximum absolute atomic E-state index is 12.4. The van der Waals surface area contributed by atoms with Crippen molar-refractivity contribution in [2.45, 2.75) is 13.0 Å². The first kappa shape index (κ1) is 15.8. The molecular formula is C17H14N6O3. The third-order valence-corrected chi connectivity index (χ3v) is 3.93. The molecule has 1 atom stereocenters. The van der Waals surface area contributed by atoms with E-state index in [1.54, 1.807) is 6.20 Å². The first-order valence-electron chi connectivity index (χ1n) is 7.85. The Morgan fingerprint density at radius 3 is 2.88 bits per heavy atom. The van der Waals surface area contributed by atoms with Crippen LogP contribution >= 0.6 is 0 Å². The highest BCUT2D eigenvalue weighted by Gasteiger charge is 2.22. The van der Waals surface area contributed by atoms with Crippen LogP contribution in [0.3, 0.4) is 0 Å². The molecule has 0 spiro atoms. The molecule has 1 amide bonds. The van der Waals surface area contributed by atoms with Crippen molar-refractivity contribution in [3.63, 3.8) is 0 Å². The number of benzene rings is 1. The smallest absolute Gasteiger partial charge is 0.341 e. The summed E-state index contributed by atoms with van der Waals surface area (Å²) in [5.74, 6) is -0.820. The molecule has 0 saturated carbocycles. The van der Waals surface area contributed by atoms with Crippen LogP contribution < -0.4 is 5.32 Å². The largest absolute Gasteiger partial charge is 0.449 e. The number of ether oxygens (including phenoxy) is 1. The number of hydrogen-bond acceptors (Lipinski definition) is 6. The zero-order valence-corrected chi connectivity index (χ0v) is 13.7. The number of carbonyl (C=O) groups excluding carboxylic acids is 2. The molecule has 1 unspecified atom stereocenters. The number of imidazole rings is 1. The topological polar surface area (TPSA) is 126 Å². The van der Waals surface area contributed by atoms with Gasteiger partial charge in [-0.3, -0.25) is 4.79 Å². The number of fused-ring (bicyclic) bond motifs is 2. The Balaban J connectivity index is 1.49. The fourth-order valence-corrected chi connectivity index (χ4v) is 2.60. The molecule has 130 valence electrons. The number of anilines is 1. The molecule has 0 saturated heterocycles. The average Bonchev–Trinajstić information content (AvgIpc) is 3.29. The Morgan fingerprint density at radius 1 is 1.15 bits per heavy atom. The average molecular weight is 350 g/mol. The van der Waals surface area contributed by atoms with Gasteiger partial charge in [-0.2, -0.15) is 0 Å². The van der Waals surface area contributed by atoms with Crippen LogP contribution in [0, 0.1) is 0 Å². The van der Waals surface area contributed by atoms with E-state index in [0.717, 1.165) is 10.9 Å². The number of H-pyrrole nitrogens is 2. The Bertz CT molecular complexity index is 1120.